The molecule has 1 heterocycles. The molecule has 0 bridgehead atoms. The minimum atomic E-state index is -0.687. The van der Waals surface area contributed by atoms with Crippen molar-refractivity contribution >= 4 is 39.8 Å². The third-order valence-electron chi connectivity index (χ3n) is 3.78. The lowest BCUT2D eigenvalue weighted by Crippen LogP contribution is -2.14. The monoisotopic (exact) mass is 432 g/mol. The standard InChI is InChI=1S/C18H16N4O5S2/c1-26-14-8-12(13(22(24)25)9-15(14)27-2)16(23)19-17-20-21-18(29-17)28-10-11-6-4-3-5-7-11/h3-9H,10H2,1-2H3,(H,19,20,23). The van der Waals surface area contributed by atoms with Crippen molar-refractivity contribution in [3.63, 3.8) is 0 Å². The number of rotatable bonds is 8. The minimum Gasteiger partial charge on any atom is -0.493 e. The Morgan fingerprint density at radius 1 is 1.17 bits per heavy atom. The summed E-state index contributed by atoms with van der Waals surface area (Å²) in [4.78, 5) is 23.3. The second-order valence-corrected chi connectivity index (χ2v) is 7.78. The second kappa shape index (κ2) is 9.34. The quantitative estimate of drug-likeness (QED) is 0.246. The highest BCUT2D eigenvalue weighted by atomic mass is 32.2. The predicted octanol–water partition coefficient (Wildman–Crippen LogP) is 4.01. The van der Waals surface area contributed by atoms with Gasteiger partial charge in [0.05, 0.1) is 25.2 Å². The number of nitrogens with zero attached hydrogens (tertiary/aromatic N) is 3. The maximum absolute atomic E-state index is 12.6. The normalized spacial score (nSPS) is 10.4. The van der Waals surface area contributed by atoms with Gasteiger partial charge in [-0.15, -0.1) is 10.2 Å². The van der Waals surface area contributed by atoms with Crippen LogP contribution in [0.5, 0.6) is 11.5 Å². The molecule has 0 unspecified atom stereocenters. The maximum Gasteiger partial charge on any atom is 0.286 e. The number of hydrogen-bond acceptors (Lipinski definition) is 9. The number of hydrogen-bond donors (Lipinski definition) is 1. The van der Waals surface area contributed by atoms with Crippen molar-refractivity contribution in [3.05, 3.63) is 63.7 Å². The van der Waals surface area contributed by atoms with Crippen molar-refractivity contribution in [2.45, 2.75) is 10.1 Å². The number of benzene rings is 2. The molecule has 0 spiro atoms. The number of ether oxygens (including phenoxy) is 2. The smallest absolute Gasteiger partial charge is 0.286 e. The zero-order chi connectivity index (χ0) is 20.8. The number of nitro benzene ring substituents is 1. The molecule has 3 aromatic rings. The zero-order valence-electron chi connectivity index (χ0n) is 15.4. The number of carbonyl (C=O) groups excluding carboxylic acids is 1. The number of aromatic nitrogens is 2. The van der Waals surface area contributed by atoms with Crippen molar-refractivity contribution in [1.82, 2.24) is 10.2 Å². The zero-order valence-corrected chi connectivity index (χ0v) is 17.1. The minimum absolute atomic E-state index is 0.159. The lowest BCUT2D eigenvalue weighted by atomic mass is 10.1. The van der Waals surface area contributed by atoms with Crippen LogP contribution in [0.15, 0.2) is 46.8 Å². The van der Waals surface area contributed by atoms with Gasteiger partial charge in [-0.05, 0) is 5.56 Å². The molecule has 0 atom stereocenters. The molecule has 150 valence electrons. The number of amides is 1. The van der Waals surface area contributed by atoms with Gasteiger partial charge < -0.3 is 9.47 Å². The number of carbonyl (C=O) groups is 1. The molecular formula is C18H16N4O5S2. The summed E-state index contributed by atoms with van der Waals surface area (Å²) in [5, 5.41) is 22.1. The Hall–Kier alpha value is -3.18. The van der Waals surface area contributed by atoms with E-state index in [1.807, 2.05) is 30.3 Å². The molecule has 0 aliphatic carbocycles. The van der Waals surface area contributed by atoms with Crippen molar-refractivity contribution in [2.24, 2.45) is 0 Å². The van der Waals surface area contributed by atoms with Crippen LogP contribution in [-0.2, 0) is 5.75 Å². The fraction of sp³-hybridized carbons (Fsp3) is 0.167. The Labute approximate surface area is 174 Å². The highest BCUT2D eigenvalue weighted by Gasteiger charge is 2.25. The largest absolute Gasteiger partial charge is 0.493 e. The molecule has 1 aromatic heterocycles. The fourth-order valence-corrected chi connectivity index (χ4v) is 4.11. The topological polar surface area (TPSA) is 116 Å². The summed E-state index contributed by atoms with van der Waals surface area (Å²) in [6, 6.07) is 12.3. The highest BCUT2D eigenvalue weighted by Crippen LogP contribution is 2.35. The molecule has 0 saturated carbocycles. The molecule has 29 heavy (non-hydrogen) atoms. The number of methoxy groups -OCH3 is 2. The lowest BCUT2D eigenvalue weighted by molar-refractivity contribution is -0.385. The summed E-state index contributed by atoms with van der Waals surface area (Å²) in [5.74, 6) is 0.393. The van der Waals surface area contributed by atoms with Crippen LogP contribution in [0, 0.1) is 10.1 Å². The number of anilines is 1. The lowest BCUT2D eigenvalue weighted by Gasteiger charge is -2.10. The third kappa shape index (κ3) is 5.00. The molecule has 0 saturated heterocycles. The Morgan fingerprint density at radius 2 is 1.86 bits per heavy atom. The molecule has 2 aromatic carbocycles. The van der Waals surface area contributed by atoms with Crippen LogP contribution in [-0.4, -0.2) is 35.2 Å². The summed E-state index contributed by atoms with van der Waals surface area (Å²) in [7, 11) is 2.74. The van der Waals surface area contributed by atoms with E-state index in [1.165, 1.54) is 43.4 Å². The summed E-state index contributed by atoms with van der Waals surface area (Å²) >= 11 is 2.68. The Morgan fingerprint density at radius 3 is 2.52 bits per heavy atom. The summed E-state index contributed by atoms with van der Waals surface area (Å²) < 4.78 is 10.9. The van der Waals surface area contributed by atoms with E-state index in [4.69, 9.17) is 9.47 Å². The number of nitrogens with one attached hydrogen (secondary N) is 1. The summed E-state index contributed by atoms with van der Waals surface area (Å²) in [5.41, 5.74) is 0.573. The fourth-order valence-electron chi connectivity index (χ4n) is 2.40. The molecule has 11 heteroatoms. The molecule has 0 aliphatic heterocycles. The van der Waals surface area contributed by atoms with E-state index in [-0.39, 0.29) is 22.2 Å². The molecule has 0 aliphatic rings. The van der Waals surface area contributed by atoms with Gasteiger partial charge in [-0.25, -0.2) is 0 Å². The van der Waals surface area contributed by atoms with Crippen LogP contribution in [0.1, 0.15) is 15.9 Å². The van der Waals surface area contributed by atoms with E-state index in [2.05, 4.69) is 15.5 Å². The molecule has 1 amide bonds. The van der Waals surface area contributed by atoms with E-state index >= 15 is 0 Å². The van der Waals surface area contributed by atoms with E-state index in [9.17, 15) is 14.9 Å². The number of thioether (sulfide) groups is 1. The van der Waals surface area contributed by atoms with Crippen molar-refractivity contribution in [3.8, 4) is 11.5 Å². The SMILES string of the molecule is COc1cc(C(=O)Nc2nnc(SCc3ccccc3)s2)c([N+](=O)[O-])cc1OC. The number of nitro groups is 1. The van der Waals surface area contributed by atoms with E-state index in [1.54, 1.807) is 0 Å². The Kier molecular flexibility index (Phi) is 6.62. The average molecular weight is 432 g/mol. The van der Waals surface area contributed by atoms with Crippen molar-refractivity contribution in [1.29, 1.82) is 0 Å². The summed E-state index contributed by atoms with van der Waals surface area (Å²) in [6.07, 6.45) is 0. The third-order valence-corrected chi connectivity index (χ3v) is 5.82. The molecule has 9 nitrogen and oxygen atoms in total. The van der Waals surface area contributed by atoms with Crippen LogP contribution in [0.25, 0.3) is 0 Å². The van der Waals surface area contributed by atoms with Crippen LogP contribution in [0.3, 0.4) is 0 Å². The molecule has 0 radical (unpaired) electrons. The Balaban J connectivity index is 1.75. The first-order valence-electron chi connectivity index (χ1n) is 8.23. The Bertz CT molecular complexity index is 1030. The van der Waals surface area contributed by atoms with E-state index in [0.717, 1.165) is 11.6 Å². The van der Waals surface area contributed by atoms with Gasteiger partial charge in [0.2, 0.25) is 5.13 Å². The average Bonchev–Trinajstić information content (AvgIpc) is 3.19. The molecule has 1 N–H and O–H groups in total. The first kappa shape index (κ1) is 20.6. The molecular weight excluding hydrogens is 416 g/mol. The first-order valence-corrected chi connectivity index (χ1v) is 10.0. The first-order chi connectivity index (χ1) is 14.0. The summed E-state index contributed by atoms with van der Waals surface area (Å²) in [6.45, 7) is 0. The van der Waals surface area contributed by atoms with Crippen LogP contribution >= 0.6 is 23.1 Å². The van der Waals surface area contributed by atoms with Crippen LogP contribution in [0.4, 0.5) is 10.8 Å². The van der Waals surface area contributed by atoms with Gasteiger partial charge in [0.1, 0.15) is 5.56 Å². The maximum atomic E-state index is 12.6. The van der Waals surface area contributed by atoms with Crippen molar-refractivity contribution < 1.29 is 19.2 Å². The van der Waals surface area contributed by atoms with Gasteiger partial charge in [0, 0.05) is 11.8 Å². The molecule has 0 fully saturated rings. The molecule has 3 rings (SSSR count). The van der Waals surface area contributed by atoms with Crippen molar-refractivity contribution in [2.75, 3.05) is 19.5 Å². The second-order valence-electron chi connectivity index (χ2n) is 5.58. The van der Waals surface area contributed by atoms with Gasteiger partial charge in [-0.1, -0.05) is 53.4 Å². The highest BCUT2D eigenvalue weighted by molar-refractivity contribution is 8.00. The van der Waals surface area contributed by atoms with Crippen LogP contribution < -0.4 is 14.8 Å². The van der Waals surface area contributed by atoms with E-state index < -0.39 is 16.5 Å². The van der Waals surface area contributed by atoms with E-state index in [0.29, 0.717) is 10.1 Å². The predicted molar refractivity (Wildman–Crippen MR) is 110 cm³/mol. The van der Waals surface area contributed by atoms with Gasteiger partial charge in [0.25, 0.3) is 11.6 Å². The van der Waals surface area contributed by atoms with Gasteiger partial charge >= 0.3 is 0 Å². The van der Waals surface area contributed by atoms with Gasteiger partial charge in [-0.2, -0.15) is 0 Å². The van der Waals surface area contributed by atoms with Crippen LogP contribution in [0.2, 0.25) is 0 Å². The van der Waals surface area contributed by atoms with Gasteiger partial charge in [-0.3, -0.25) is 20.2 Å². The van der Waals surface area contributed by atoms with Gasteiger partial charge in [0.15, 0.2) is 15.8 Å².